The lowest BCUT2D eigenvalue weighted by atomic mass is 9.98. The summed E-state index contributed by atoms with van der Waals surface area (Å²) >= 11 is 1.03. The van der Waals surface area contributed by atoms with Crippen molar-refractivity contribution in [2.75, 3.05) is 18.0 Å². The van der Waals surface area contributed by atoms with Crippen molar-refractivity contribution in [3.63, 3.8) is 0 Å². The SMILES string of the molecule is N#Cc1nccnc1N1CCC[C@@H](c2nc(C(F)(F)F)cs2)C1. The molecular formula is C14H12F3N5S. The van der Waals surface area contributed by atoms with E-state index in [-0.39, 0.29) is 11.6 Å². The van der Waals surface area contributed by atoms with Crippen LogP contribution in [0.25, 0.3) is 0 Å². The molecule has 1 saturated heterocycles. The van der Waals surface area contributed by atoms with Crippen LogP contribution in [0.5, 0.6) is 0 Å². The first-order valence-electron chi connectivity index (χ1n) is 6.97. The Morgan fingerprint density at radius 3 is 2.78 bits per heavy atom. The highest BCUT2D eigenvalue weighted by atomic mass is 32.1. The third kappa shape index (κ3) is 3.27. The number of aromatic nitrogens is 3. The van der Waals surface area contributed by atoms with E-state index >= 15 is 0 Å². The molecule has 120 valence electrons. The van der Waals surface area contributed by atoms with Gasteiger partial charge in [-0.1, -0.05) is 0 Å². The lowest BCUT2D eigenvalue weighted by Gasteiger charge is -2.32. The second-order valence-electron chi connectivity index (χ2n) is 5.19. The van der Waals surface area contributed by atoms with Crippen LogP contribution in [0, 0.1) is 11.3 Å². The van der Waals surface area contributed by atoms with Crippen LogP contribution >= 0.6 is 11.3 Å². The Morgan fingerprint density at radius 2 is 2.09 bits per heavy atom. The number of alkyl halides is 3. The van der Waals surface area contributed by atoms with E-state index in [9.17, 15) is 13.2 Å². The van der Waals surface area contributed by atoms with Gasteiger partial charge in [0.25, 0.3) is 0 Å². The first-order chi connectivity index (χ1) is 11.0. The largest absolute Gasteiger partial charge is 0.434 e. The zero-order valence-electron chi connectivity index (χ0n) is 11.9. The summed E-state index contributed by atoms with van der Waals surface area (Å²) in [6.45, 7) is 1.18. The number of nitriles is 1. The van der Waals surface area contributed by atoms with Crippen molar-refractivity contribution in [2.45, 2.75) is 24.9 Å². The van der Waals surface area contributed by atoms with Crippen molar-refractivity contribution < 1.29 is 13.2 Å². The van der Waals surface area contributed by atoms with E-state index in [0.29, 0.717) is 23.9 Å². The standard InChI is InChI=1S/C14H12F3N5S/c15-14(16,17)11-8-23-13(21-11)9-2-1-5-22(7-9)12-10(6-18)19-3-4-20-12/h3-4,8-9H,1-2,5,7H2/t9-/m1/s1. The number of hydrogen-bond acceptors (Lipinski definition) is 6. The summed E-state index contributed by atoms with van der Waals surface area (Å²) in [6.07, 6.45) is 0.101. The lowest BCUT2D eigenvalue weighted by molar-refractivity contribution is -0.140. The van der Waals surface area contributed by atoms with E-state index in [1.54, 1.807) is 0 Å². The highest BCUT2D eigenvalue weighted by Crippen LogP contribution is 2.35. The quantitative estimate of drug-likeness (QED) is 0.840. The Kier molecular flexibility index (Phi) is 4.17. The van der Waals surface area contributed by atoms with Crippen molar-refractivity contribution in [2.24, 2.45) is 0 Å². The molecule has 0 aliphatic carbocycles. The normalized spacial score (nSPS) is 18.7. The minimum Gasteiger partial charge on any atom is -0.354 e. The molecule has 23 heavy (non-hydrogen) atoms. The van der Waals surface area contributed by atoms with Gasteiger partial charge in [0.2, 0.25) is 0 Å². The second kappa shape index (κ2) is 6.12. The summed E-state index contributed by atoms with van der Waals surface area (Å²) in [6, 6.07) is 1.99. The van der Waals surface area contributed by atoms with E-state index in [2.05, 4.69) is 15.0 Å². The fourth-order valence-corrected chi connectivity index (χ4v) is 3.57. The van der Waals surface area contributed by atoms with Crippen molar-refractivity contribution in [1.29, 1.82) is 5.26 Å². The molecule has 3 heterocycles. The number of hydrogen-bond donors (Lipinski definition) is 0. The van der Waals surface area contributed by atoms with Gasteiger partial charge in [-0.25, -0.2) is 15.0 Å². The minimum atomic E-state index is -4.41. The fourth-order valence-electron chi connectivity index (χ4n) is 2.62. The Labute approximate surface area is 134 Å². The number of nitrogens with zero attached hydrogens (tertiary/aromatic N) is 5. The van der Waals surface area contributed by atoms with Gasteiger partial charge in [-0.05, 0) is 12.8 Å². The number of thiazole rings is 1. The van der Waals surface area contributed by atoms with Crippen LogP contribution in [0.1, 0.15) is 35.2 Å². The third-order valence-corrected chi connectivity index (χ3v) is 4.67. The molecule has 0 aromatic carbocycles. The maximum atomic E-state index is 12.7. The predicted octanol–water partition coefficient (Wildman–Crippen LogP) is 3.21. The number of piperidine rings is 1. The second-order valence-corrected chi connectivity index (χ2v) is 6.08. The molecule has 0 saturated carbocycles. The third-order valence-electron chi connectivity index (χ3n) is 3.67. The Hall–Kier alpha value is -2.21. The van der Waals surface area contributed by atoms with E-state index in [4.69, 9.17) is 5.26 Å². The Morgan fingerprint density at radius 1 is 1.30 bits per heavy atom. The van der Waals surface area contributed by atoms with E-state index in [1.165, 1.54) is 12.4 Å². The zero-order valence-corrected chi connectivity index (χ0v) is 12.7. The molecule has 5 nitrogen and oxygen atoms in total. The topological polar surface area (TPSA) is 65.7 Å². The van der Waals surface area contributed by atoms with Gasteiger partial charge in [0.15, 0.2) is 17.2 Å². The molecule has 0 spiro atoms. The van der Waals surface area contributed by atoms with Crippen molar-refractivity contribution >= 4 is 17.2 Å². The van der Waals surface area contributed by atoms with Crippen LogP contribution in [0.4, 0.5) is 19.0 Å². The van der Waals surface area contributed by atoms with Crippen molar-refractivity contribution in [1.82, 2.24) is 15.0 Å². The summed E-state index contributed by atoms with van der Waals surface area (Å²) < 4.78 is 38.1. The first-order valence-corrected chi connectivity index (χ1v) is 7.85. The number of halogens is 3. The van der Waals surface area contributed by atoms with Gasteiger partial charge in [-0.2, -0.15) is 18.4 Å². The molecule has 1 atom stereocenters. The summed E-state index contributed by atoms with van der Waals surface area (Å²) in [7, 11) is 0. The lowest BCUT2D eigenvalue weighted by Crippen LogP contribution is -2.35. The van der Waals surface area contributed by atoms with Gasteiger partial charge in [0.1, 0.15) is 6.07 Å². The Balaban J connectivity index is 1.81. The predicted molar refractivity (Wildman–Crippen MR) is 78.1 cm³/mol. The van der Waals surface area contributed by atoms with Crippen LogP contribution in [0.15, 0.2) is 17.8 Å². The minimum absolute atomic E-state index is 0.0987. The molecule has 0 unspecified atom stereocenters. The number of rotatable bonds is 2. The van der Waals surface area contributed by atoms with E-state index < -0.39 is 11.9 Å². The molecular weight excluding hydrogens is 327 g/mol. The van der Waals surface area contributed by atoms with Gasteiger partial charge in [-0.15, -0.1) is 11.3 Å². The van der Waals surface area contributed by atoms with Gasteiger partial charge < -0.3 is 4.90 Å². The fraction of sp³-hybridized carbons (Fsp3) is 0.429. The highest BCUT2D eigenvalue weighted by Gasteiger charge is 2.35. The Bertz CT molecular complexity index is 736. The molecule has 0 N–H and O–H groups in total. The average Bonchev–Trinajstić information content (AvgIpc) is 3.05. The van der Waals surface area contributed by atoms with Crippen LogP contribution in [0.2, 0.25) is 0 Å². The maximum absolute atomic E-state index is 12.7. The smallest absolute Gasteiger partial charge is 0.354 e. The molecule has 1 aliphatic rings. The summed E-state index contributed by atoms with van der Waals surface area (Å²) in [5, 5.41) is 10.6. The molecule has 2 aromatic heterocycles. The van der Waals surface area contributed by atoms with Crippen LogP contribution in [-0.4, -0.2) is 28.0 Å². The molecule has 1 aliphatic heterocycles. The average molecular weight is 339 g/mol. The van der Waals surface area contributed by atoms with Crippen molar-refractivity contribution in [3.8, 4) is 6.07 Å². The molecule has 0 bridgehead atoms. The summed E-state index contributed by atoms with van der Waals surface area (Å²) in [4.78, 5) is 13.8. The number of anilines is 1. The molecule has 3 rings (SSSR count). The van der Waals surface area contributed by atoms with E-state index in [1.807, 2.05) is 11.0 Å². The van der Waals surface area contributed by atoms with Crippen molar-refractivity contribution in [3.05, 3.63) is 34.2 Å². The van der Waals surface area contributed by atoms with Crippen LogP contribution in [-0.2, 0) is 6.18 Å². The van der Waals surface area contributed by atoms with Gasteiger partial charge >= 0.3 is 6.18 Å². The maximum Gasteiger partial charge on any atom is 0.434 e. The molecule has 1 fully saturated rings. The van der Waals surface area contributed by atoms with Crippen LogP contribution < -0.4 is 4.90 Å². The molecule has 0 amide bonds. The highest BCUT2D eigenvalue weighted by molar-refractivity contribution is 7.09. The zero-order chi connectivity index (χ0) is 16.4. The van der Waals surface area contributed by atoms with E-state index in [0.717, 1.165) is 29.6 Å². The summed E-state index contributed by atoms with van der Waals surface area (Å²) in [5.74, 6) is 0.380. The van der Waals surface area contributed by atoms with Gasteiger partial charge in [-0.3, -0.25) is 0 Å². The monoisotopic (exact) mass is 339 g/mol. The van der Waals surface area contributed by atoms with Gasteiger partial charge in [0.05, 0.1) is 5.01 Å². The summed E-state index contributed by atoms with van der Waals surface area (Å²) in [5.41, 5.74) is -0.616. The molecule has 0 radical (unpaired) electrons. The van der Waals surface area contributed by atoms with Crippen LogP contribution in [0.3, 0.4) is 0 Å². The molecule has 2 aromatic rings. The van der Waals surface area contributed by atoms with Gasteiger partial charge in [0, 0.05) is 36.8 Å². The first kappa shape index (κ1) is 15.7. The molecule has 9 heteroatoms.